The number of hydrogen-bond acceptors (Lipinski definition) is 4. The molecule has 49 heavy (non-hydrogen) atoms. The first-order valence-electron chi connectivity index (χ1n) is 15.6. The van der Waals surface area contributed by atoms with E-state index in [0.717, 1.165) is 29.0 Å². The smallest absolute Gasteiger partial charge is 0.416 e. The second-order valence-corrected chi connectivity index (χ2v) is 12.7. The van der Waals surface area contributed by atoms with E-state index in [1.165, 1.54) is 20.8 Å². The van der Waals surface area contributed by atoms with Crippen molar-refractivity contribution < 1.29 is 45.8 Å². The number of carboxylic acids is 1. The van der Waals surface area contributed by atoms with Crippen molar-refractivity contribution in [3.05, 3.63) is 91.6 Å². The van der Waals surface area contributed by atoms with Gasteiger partial charge in [-0.3, -0.25) is 14.4 Å². The molecule has 0 unspecified atom stereocenters. The van der Waals surface area contributed by atoms with E-state index < -0.39 is 70.7 Å². The molecular weight excluding hydrogens is 654 g/mol. The first kappa shape index (κ1) is 37.3. The van der Waals surface area contributed by atoms with E-state index in [2.05, 4.69) is 17.2 Å². The van der Waals surface area contributed by atoms with Crippen LogP contribution >= 0.6 is 0 Å². The van der Waals surface area contributed by atoms with Crippen molar-refractivity contribution in [3.63, 3.8) is 0 Å². The average molecular weight is 691 g/mol. The Morgan fingerprint density at radius 1 is 1.06 bits per heavy atom. The molecule has 1 fully saturated rings. The molecule has 1 aliphatic rings. The van der Waals surface area contributed by atoms with E-state index >= 15 is 8.78 Å². The molecule has 1 aromatic heterocycles. The lowest BCUT2D eigenvalue weighted by Gasteiger charge is -2.29. The maximum atomic E-state index is 16.7. The minimum atomic E-state index is -4.86. The van der Waals surface area contributed by atoms with Crippen molar-refractivity contribution in [1.82, 2.24) is 9.88 Å². The topological polar surface area (TPSA) is 97.6 Å². The van der Waals surface area contributed by atoms with Crippen LogP contribution in [0.1, 0.15) is 79.1 Å². The van der Waals surface area contributed by atoms with Gasteiger partial charge in [-0.1, -0.05) is 19.8 Å². The minimum Gasteiger partial charge on any atom is -0.481 e. The summed E-state index contributed by atoms with van der Waals surface area (Å²) in [5, 5.41) is 12.1. The fourth-order valence-corrected chi connectivity index (χ4v) is 6.17. The number of benzene rings is 2. The first-order chi connectivity index (χ1) is 22.9. The Morgan fingerprint density at radius 3 is 2.20 bits per heavy atom. The number of rotatable bonds is 11. The number of carbonyl (C=O) groups is 2. The highest BCUT2D eigenvalue weighted by Gasteiger charge is 2.37. The Labute approximate surface area is 279 Å². The lowest BCUT2D eigenvalue weighted by molar-refractivity contribution is -0.139. The number of aryl methyl sites for hydroxylation is 2. The van der Waals surface area contributed by atoms with Gasteiger partial charge in [0.1, 0.15) is 23.5 Å². The summed E-state index contributed by atoms with van der Waals surface area (Å²) >= 11 is 0. The summed E-state index contributed by atoms with van der Waals surface area (Å²) in [6, 6.07) is 0.302. The van der Waals surface area contributed by atoms with Gasteiger partial charge in [-0.05, 0) is 80.0 Å². The third-order valence-electron chi connectivity index (χ3n) is 8.32. The lowest BCUT2D eigenvalue weighted by atomic mass is 9.88. The van der Waals surface area contributed by atoms with Crippen LogP contribution in [0.2, 0.25) is 0 Å². The van der Waals surface area contributed by atoms with E-state index in [-0.39, 0.29) is 71.3 Å². The van der Waals surface area contributed by atoms with E-state index in [0.29, 0.717) is 6.07 Å². The van der Waals surface area contributed by atoms with Gasteiger partial charge in [0, 0.05) is 34.9 Å². The summed E-state index contributed by atoms with van der Waals surface area (Å²) < 4.78 is 94.5. The van der Waals surface area contributed by atoms with Gasteiger partial charge in [0.15, 0.2) is 0 Å². The highest BCUT2D eigenvalue weighted by atomic mass is 19.4. The Kier molecular flexibility index (Phi) is 11.3. The van der Waals surface area contributed by atoms with Crippen molar-refractivity contribution in [2.45, 2.75) is 72.1 Å². The molecule has 1 aliphatic heterocycles. The van der Waals surface area contributed by atoms with Crippen molar-refractivity contribution in [2.75, 3.05) is 13.2 Å². The van der Waals surface area contributed by atoms with Gasteiger partial charge in [0.2, 0.25) is 5.91 Å². The molecule has 13 heteroatoms. The standard InChI is InChI=1S/C36H36F6N2O5/c1-6-7-22-12-26(38)33(34(39)32(22)31-19(4)9-24(37)10-20(31)5)27(14-30(46)47)43-35(48)28(8-18(2)3)44-15-23(11-21-16-49-17-21)25(13-29(44)45)36(40,41)42/h9-10,12-13,15,18,21,27-28H,8,11,14,16-17H2,1-5H3,(H,43,48)(H,46,47)/t27-,28-/m1/s1. The van der Waals surface area contributed by atoms with Crippen molar-refractivity contribution in [3.8, 4) is 23.0 Å². The van der Waals surface area contributed by atoms with E-state index in [9.17, 15) is 37.1 Å². The van der Waals surface area contributed by atoms with Crippen LogP contribution in [0, 0.1) is 55.0 Å². The first-order valence-corrected chi connectivity index (χ1v) is 15.6. The van der Waals surface area contributed by atoms with Gasteiger partial charge in [-0.2, -0.15) is 13.2 Å². The van der Waals surface area contributed by atoms with Gasteiger partial charge < -0.3 is 19.7 Å². The number of carboxylic acid groups (broad SMARTS) is 1. The number of aliphatic carboxylic acids is 1. The number of alkyl halides is 3. The van der Waals surface area contributed by atoms with Gasteiger partial charge in [-0.15, -0.1) is 5.92 Å². The highest BCUT2D eigenvalue weighted by Crippen LogP contribution is 2.39. The molecule has 2 atom stereocenters. The quantitative estimate of drug-likeness (QED) is 0.166. The second kappa shape index (κ2) is 14.9. The van der Waals surface area contributed by atoms with Crippen LogP contribution in [0.25, 0.3) is 11.1 Å². The largest absolute Gasteiger partial charge is 0.481 e. The third-order valence-corrected chi connectivity index (χ3v) is 8.32. The van der Waals surface area contributed by atoms with Crippen molar-refractivity contribution in [1.29, 1.82) is 0 Å². The molecule has 2 N–H and O–H groups in total. The van der Waals surface area contributed by atoms with Gasteiger partial charge in [0.05, 0.1) is 31.2 Å². The summed E-state index contributed by atoms with van der Waals surface area (Å²) in [6.07, 6.45) is -5.05. The zero-order valence-electron chi connectivity index (χ0n) is 27.5. The van der Waals surface area contributed by atoms with Gasteiger partial charge >= 0.3 is 12.1 Å². The Hall–Kier alpha value is -4.57. The zero-order chi connectivity index (χ0) is 36.4. The van der Waals surface area contributed by atoms with E-state index in [4.69, 9.17) is 4.74 Å². The number of nitrogens with zero attached hydrogens (tertiary/aromatic N) is 1. The summed E-state index contributed by atoms with van der Waals surface area (Å²) in [5.41, 5.74) is -2.90. The Morgan fingerprint density at radius 2 is 1.69 bits per heavy atom. The molecular formula is C36H36F6N2O5. The fraction of sp³-hybridized carbons (Fsp3) is 0.417. The summed E-state index contributed by atoms with van der Waals surface area (Å²) in [5.74, 6) is -0.962. The van der Waals surface area contributed by atoms with Crippen LogP contribution < -0.4 is 10.9 Å². The number of amides is 1. The predicted molar refractivity (Wildman–Crippen MR) is 169 cm³/mol. The number of aromatic nitrogens is 1. The van der Waals surface area contributed by atoms with E-state index in [1.807, 2.05) is 0 Å². The SMILES string of the molecule is CC#Cc1cc(F)c([C@@H](CC(=O)O)NC(=O)[C@@H](CC(C)C)n2cc(CC3COC3)c(C(F)(F)F)cc2=O)c(F)c1-c1c(C)cc(F)cc1C. The third kappa shape index (κ3) is 8.36. The number of halogens is 6. The molecule has 0 radical (unpaired) electrons. The van der Waals surface area contributed by atoms with Crippen LogP contribution in [0.5, 0.6) is 0 Å². The van der Waals surface area contributed by atoms with Crippen molar-refractivity contribution in [2.24, 2.45) is 11.8 Å². The molecule has 0 saturated carbocycles. The number of pyridine rings is 1. The van der Waals surface area contributed by atoms with Crippen LogP contribution in [0.4, 0.5) is 26.3 Å². The number of hydrogen-bond donors (Lipinski definition) is 2. The summed E-state index contributed by atoms with van der Waals surface area (Å²) in [6.45, 7) is 8.31. The Bertz CT molecular complexity index is 1860. The Balaban J connectivity index is 1.87. The molecule has 2 aromatic carbocycles. The summed E-state index contributed by atoms with van der Waals surface area (Å²) in [7, 11) is 0. The normalized spacial score (nSPS) is 14.5. The maximum Gasteiger partial charge on any atom is 0.416 e. The second-order valence-electron chi connectivity index (χ2n) is 12.7. The average Bonchev–Trinajstić information content (AvgIpc) is 2.94. The van der Waals surface area contributed by atoms with Crippen LogP contribution in [0.3, 0.4) is 0 Å². The number of ether oxygens (including phenoxy) is 1. The molecule has 7 nitrogen and oxygen atoms in total. The monoisotopic (exact) mass is 690 g/mol. The molecule has 262 valence electrons. The number of nitrogens with one attached hydrogen (secondary N) is 1. The lowest BCUT2D eigenvalue weighted by Crippen LogP contribution is -2.41. The van der Waals surface area contributed by atoms with Crippen molar-refractivity contribution >= 4 is 11.9 Å². The molecule has 0 spiro atoms. The van der Waals surface area contributed by atoms with Crippen LogP contribution in [-0.2, 0) is 26.9 Å². The molecule has 2 heterocycles. The minimum absolute atomic E-state index is 0.0821. The number of carbonyl (C=O) groups excluding carboxylic acids is 1. The molecule has 1 saturated heterocycles. The van der Waals surface area contributed by atoms with Crippen LogP contribution in [0.15, 0.2) is 35.3 Å². The molecule has 0 bridgehead atoms. The molecule has 0 aliphatic carbocycles. The molecule has 1 amide bonds. The van der Waals surface area contributed by atoms with Gasteiger partial charge in [-0.25, -0.2) is 13.2 Å². The van der Waals surface area contributed by atoms with E-state index in [1.54, 1.807) is 13.8 Å². The predicted octanol–water partition coefficient (Wildman–Crippen LogP) is 7.05. The molecule has 4 rings (SSSR count). The zero-order valence-corrected chi connectivity index (χ0v) is 27.5. The van der Waals surface area contributed by atoms with Crippen LogP contribution in [-0.4, -0.2) is 34.8 Å². The highest BCUT2D eigenvalue weighted by molar-refractivity contribution is 5.83. The maximum absolute atomic E-state index is 16.7. The fourth-order valence-electron chi connectivity index (χ4n) is 6.17. The molecule has 3 aromatic rings. The summed E-state index contributed by atoms with van der Waals surface area (Å²) in [4.78, 5) is 39.1. The van der Waals surface area contributed by atoms with Gasteiger partial charge in [0.25, 0.3) is 5.56 Å².